The Labute approximate surface area is 72.0 Å². The summed E-state index contributed by atoms with van der Waals surface area (Å²) in [5, 5.41) is 0. The van der Waals surface area contributed by atoms with E-state index in [2.05, 4.69) is 12.3 Å². The number of carbonyl (C=O) groups is 1. The zero-order valence-corrected chi connectivity index (χ0v) is 7.00. The van der Waals surface area contributed by atoms with Crippen molar-refractivity contribution in [2.24, 2.45) is 0 Å². The molecule has 0 N–H and O–H groups in total. The predicted octanol–water partition coefficient (Wildman–Crippen LogP) is 2.52. The first-order chi connectivity index (χ1) is 5.74. The zero-order valence-electron chi connectivity index (χ0n) is 7.00. The molecule has 1 rings (SSSR count). The van der Waals surface area contributed by atoms with Crippen molar-refractivity contribution in [2.45, 2.75) is 6.92 Å². The number of ketones is 1. The van der Waals surface area contributed by atoms with Gasteiger partial charge < -0.3 is 0 Å². The standard InChI is InChI=1S/C11H10O/c1-3-4-11(12)10-7-5-9(2)6-8-10/h4-8H,1H2,2H3. The SMILES string of the molecule is C=C=CC(=O)c1ccc(C)cc1. The Bertz CT molecular complexity index is 327. The Balaban J connectivity index is 2.97. The van der Waals surface area contributed by atoms with Crippen LogP contribution in [0.5, 0.6) is 0 Å². The minimum absolute atomic E-state index is 0.0509. The normalized spacial score (nSPS) is 8.75. The van der Waals surface area contributed by atoms with Crippen LogP contribution in [0, 0.1) is 6.92 Å². The van der Waals surface area contributed by atoms with E-state index in [1.165, 1.54) is 6.08 Å². The van der Waals surface area contributed by atoms with E-state index in [4.69, 9.17) is 0 Å². The quantitative estimate of drug-likeness (QED) is 0.367. The van der Waals surface area contributed by atoms with Crippen molar-refractivity contribution in [3.8, 4) is 0 Å². The minimum atomic E-state index is -0.0509. The fourth-order valence-electron chi connectivity index (χ4n) is 0.894. The number of carbonyl (C=O) groups excluding carboxylic acids is 1. The van der Waals surface area contributed by atoms with Crippen molar-refractivity contribution >= 4 is 5.78 Å². The molecule has 1 aromatic rings. The summed E-state index contributed by atoms with van der Waals surface area (Å²) in [7, 11) is 0. The van der Waals surface area contributed by atoms with Gasteiger partial charge in [0.1, 0.15) is 0 Å². The van der Waals surface area contributed by atoms with E-state index >= 15 is 0 Å². The van der Waals surface area contributed by atoms with Crippen LogP contribution in [0.1, 0.15) is 15.9 Å². The van der Waals surface area contributed by atoms with Gasteiger partial charge in [0, 0.05) is 11.6 Å². The number of hydrogen-bond acceptors (Lipinski definition) is 1. The van der Waals surface area contributed by atoms with E-state index in [0.717, 1.165) is 5.56 Å². The van der Waals surface area contributed by atoms with Gasteiger partial charge in [-0.25, -0.2) is 0 Å². The van der Waals surface area contributed by atoms with Gasteiger partial charge in [-0.15, -0.1) is 5.73 Å². The lowest BCUT2D eigenvalue weighted by molar-refractivity contribution is 0.104. The van der Waals surface area contributed by atoms with Crippen molar-refractivity contribution < 1.29 is 4.79 Å². The molecule has 0 amide bonds. The zero-order chi connectivity index (χ0) is 8.97. The first-order valence-electron chi connectivity index (χ1n) is 3.71. The van der Waals surface area contributed by atoms with Gasteiger partial charge >= 0.3 is 0 Å². The Morgan fingerprint density at radius 1 is 1.42 bits per heavy atom. The molecular weight excluding hydrogens is 148 g/mol. The highest BCUT2D eigenvalue weighted by Crippen LogP contribution is 2.03. The van der Waals surface area contributed by atoms with Gasteiger partial charge in [0.2, 0.25) is 0 Å². The van der Waals surface area contributed by atoms with Crippen molar-refractivity contribution in [3.05, 3.63) is 53.8 Å². The van der Waals surface area contributed by atoms with Crippen LogP contribution >= 0.6 is 0 Å². The van der Waals surface area contributed by atoms with Crippen LogP contribution in [0.4, 0.5) is 0 Å². The number of aryl methyl sites for hydroxylation is 1. The highest BCUT2D eigenvalue weighted by molar-refractivity contribution is 6.04. The van der Waals surface area contributed by atoms with Crippen LogP contribution in [0.25, 0.3) is 0 Å². The van der Waals surface area contributed by atoms with E-state index in [0.29, 0.717) is 5.56 Å². The van der Waals surface area contributed by atoms with Gasteiger partial charge in [0.15, 0.2) is 5.78 Å². The summed E-state index contributed by atoms with van der Waals surface area (Å²) in [5.74, 6) is -0.0509. The molecule has 0 radical (unpaired) electrons. The van der Waals surface area contributed by atoms with E-state index in [1.807, 2.05) is 19.1 Å². The first kappa shape index (κ1) is 8.51. The van der Waals surface area contributed by atoms with Crippen molar-refractivity contribution in [3.63, 3.8) is 0 Å². The second kappa shape index (κ2) is 3.70. The Morgan fingerprint density at radius 3 is 2.50 bits per heavy atom. The monoisotopic (exact) mass is 158 g/mol. The van der Waals surface area contributed by atoms with Crippen molar-refractivity contribution in [1.82, 2.24) is 0 Å². The Hall–Kier alpha value is -1.59. The summed E-state index contributed by atoms with van der Waals surface area (Å²) in [6.07, 6.45) is 1.34. The molecule has 0 aliphatic rings. The smallest absolute Gasteiger partial charge is 0.193 e. The second-order valence-electron chi connectivity index (χ2n) is 2.58. The van der Waals surface area contributed by atoms with Crippen LogP contribution in [-0.4, -0.2) is 5.78 Å². The van der Waals surface area contributed by atoms with Crippen LogP contribution < -0.4 is 0 Å². The van der Waals surface area contributed by atoms with E-state index in [9.17, 15) is 4.79 Å². The van der Waals surface area contributed by atoms with Gasteiger partial charge in [-0.2, -0.15) is 0 Å². The van der Waals surface area contributed by atoms with Crippen LogP contribution in [0.3, 0.4) is 0 Å². The number of hydrogen-bond donors (Lipinski definition) is 0. The third-order valence-electron chi connectivity index (χ3n) is 1.57. The molecule has 12 heavy (non-hydrogen) atoms. The van der Waals surface area contributed by atoms with Crippen molar-refractivity contribution in [1.29, 1.82) is 0 Å². The lowest BCUT2D eigenvalue weighted by Gasteiger charge is -1.94. The molecule has 0 aliphatic heterocycles. The molecule has 1 heteroatoms. The molecule has 0 spiro atoms. The Kier molecular flexibility index (Phi) is 2.62. The summed E-state index contributed by atoms with van der Waals surface area (Å²) < 4.78 is 0. The first-order valence-corrected chi connectivity index (χ1v) is 3.71. The summed E-state index contributed by atoms with van der Waals surface area (Å²) in [5.41, 5.74) is 4.28. The highest BCUT2D eigenvalue weighted by Gasteiger charge is 1.98. The third-order valence-corrected chi connectivity index (χ3v) is 1.57. The summed E-state index contributed by atoms with van der Waals surface area (Å²) in [4.78, 5) is 11.2. The molecule has 1 nitrogen and oxygen atoms in total. The van der Waals surface area contributed by atoms with Gasteiger partial charge in [-0.1, -0.05) is 36.4 Å². The molecule has 1 aromatic carbocycles. The molecule has 0 bridgehead atoms. The van der Waals surface area contributed by atoms with Crippen LogP contribution in [0.2, 0.25) is 0 Å². The maximum absolute atomic E-state index is 11.2. The van der Waals surface area contributed by atoms with E-state index < -0.39 is 0 Å². The van der Waals surface area contributed by atoms with Crippen molar-refractivity contribution in [2.75, 3.05) is 0 Å². The van der Waals surface area contributed by atoms with E-state index in [-0.39, 0.29) is 5.78 Å². The molecule has 0 aliphatic carbocycles. The highest BCUT2D eigenvalue weighted by atomic mass is 16.1. The largest absolute Gasteiger partial charge is 0.289 e. The van der Waals surface area contributed by atoms with Crippen LogP contribution in [-0.2, 0) is 0 Å². The third kappa shape index (κ3) is 1.94. The number of benzene rings is 1. The maximum Gasteiger partial charge on any atom is 0.193 e. The predicted molar refractivity (Wildman–Crippen MR) is 49.2 cm³/mol. The second-order valence-corrected chi connectivity index (χ2v) is 2.58. The lowest BCUT2D eigenvalue weighted by Crippen LogP contribution is -1.92. The van der Waals surface area contributed by atoms with Gasteiger partial charge in [-0.05, 0) is 6.92 Å². The van der Waals surface area contributed by atoms with Gasteiger partial charge in [0.25, 0.3) is 0 Å². The van der Waals surface area contributed by atoms with Gasteiger partial charge in [-0.3, -0.25) is 4.79 Å². The molecule has 0 fully saturated rings. The average molecular weight is 158 g/mol. The number of allylic oxidation sites excluding steroid dienone is 1. The minimum Gasteiger partial charge on any atom is -0.289 e. The summed E-state index contributed by atoms with van der Waals surface area (Å²) in [6, 6.07) is 7.41. The maximum atomic E-state index is 11.2. The number of rotatable bonds is 2. The summed E-state index contributed by atoms with van der Waals surface area (Å²) in [6.45, 7) is 5.33. The molecular formula is C11H10O. The Morgan fingerprint density at radius 2 is 2.00 bits per heavy atom. The molecule has 60 valence electrons. The summed E-state index contributed by atoms with van der Waals surface area (Å²) >= 11 is 0. The molecule has 0 unspecified atom stereocenters. The fraction of sp³-hybridized carbons (Fsp3) is 0.0909. The topological polar surface area (TPSA) is 17.1 Å². The molecule has 0 saturated carbocycles. The van der Waals surface area contributed by atoms with E-state index in [1.54, 1.807) is 12.1 Å². The molecule has 0 saturated heterocycles. The van der Waals surface area contributed by atoms with Gasteiger partial charge in [0.05, 0.1) is 0 Å². The van der Waals surface area contributed by atoms with Crippen LogP contribution in [0.15, 0.2) is 42.7 Å². The average Bonchev–Trinajstić information content (AvgIpc) is 2.06. The fourth-order valence-corrected chi connectivity index (χ4v) is 0.894. The molecule has 0 aromatic heterocycles. The molecule has 0 atom stereocenters. The lowest BCUT2D eigenvalue weighted by atomic mass is 10.1. The molecule has 0 heterocycles.